The van der Waals surface area contributed by atoms with Crippen molar-refractivity contribution in [3.63, 3.8) is 0 Å². The number of likely N-dealkylation sites (N-methyl/N-ethyl adjacent to an activating group) is 1. The Balaban J connectivity index is 2.08. The Labute approximate surface area is 78.3 Å². The van der Waals surface area contributed by atoms with E-state index < -0.39 is 0 Å². The first-order valence-electron chi connectivity index (χ1n) is 4.57. The summed E-state index contributed by atoms with van der Waals surface area (Å²) in [5.41, 5.74) is 1.04. The molecule has 1 atom stereocenters. The lowest BCUT2D eigenvalue weighted by atomic mass is 10.2. The van der Waals surface area contributed by atoms with Gasteiger partial charge in [0.05, 0.1) is 12.3 Å². The van der Waals surface area contributed by atoms with E-state index in [1.54, 1.807) is 0 Å². The molecule has 0 aliphatic carbocycles. The second-order valence-electron chi connectivity index (χ2n) is 3.38. The molecule has 2 heterocycles. The summed E-state index contributed by atoms with van der Waals surface area (Å²) in [6, 6.07) is 5.94. The minimum absolute atomic E-state index is 0.153. The standard InChI is InChI=1S/C10H14N2O/c1-12-6-7-13-10(8-12)9-4-2-3-5-11-9/h2-5,10H,6-8H2,1H3. The number of ether oxygens (including phenoxy) is 1. The van der Waals surface area contributed by atoms with Crippen molar-refractivity contribution >= 4 is 0 Å². The molecule has 1 aromatic rings. The molecular weight excluding hydrogens is 164 g/mol. The third-order valence-corrected chi connectivity index (χ3v) is 2.29. The summed E-state index contributed by atoms with van der Waals surface area (Å²) in [7, 11) is 2.11. The molecule has 1 fully saturated rings. The molecule has 1 aromatic heterocycles. The van der Waals surface area contributed by atoms with Gasteiger partial charge in [-0.1, -0.05) is 6.07 Å². The first-order chi connectivity index (χ1) is 6.36. The van der Waals surface area contributed by atoms with E-state index in [1.165, 1.54) is 0 Å². The van der Waals surface area contributed by atoms with Crippen LogP contribution in [0.3, 0.4) is 0 Å². The highest BCUT2D eigenvalue weighted by atomic mass is 16.5. The molecule has 0 spiro atoms. The van der Waals surface area contributed by atoms with Crippen LogP contribution in [-0.4, -0.2) is 36.6 Å². The summed E-state index contributed by atoms with van der Waals surface area (Å²) in [4.78, 5) is 6.55. The Kier molecular flexibility index (Phi) is 2.57. The smallest absolute Gasteiger partial charge is 0.112 e. The van der Waals surface area contributed by atoms with Crippen molar-refractivity contribution in [1.82, 2.24) is 9.88 Å². The van der Waals surface area contributed by atoms with E-state index in [4.69, 9.17) is 4.74 Å². The largest absolute Gasteiger partial charge is 0.369 e. The fourth-order valence-electron chi connectivity index (χ4n) is 1.52. The Hall–Kier alpha value is -0.930. The monoisotopic (exact) mass is 178 g/mol. The fraction of sp³-hybridized carbons (Fsp3) is 0.500. The van der Waals surface area contributed by atoms with Crippen LogP contribution in [0.15, 0.2) is 24.4 Å². The van der Waals surface area contributed by atoms with Crippen molar-refractivity contribution in [1.29, 1.82) is 0 Å². The van der Waals surface area contributed by atoms with Crippen molar-refractivity contribution in [3.8, 4) is 0 Å². The van der Waals surface area contributed by atoms with Crippen LogP contribution in [0.1, 0.15) is 11.8 Å². The molecule has 0 radical (unpaired) electrons. The average Bonchev–Trinajstić information content (AvgIpc) is 2.19. The number of nitrogens with zero attached hydrogens (tertiary/aromatic N) is 2. The van der Waals surface area contributed by atoms with Gasteiger partial charge in [0.15, 0.2) is 0 Å². The minimum Gasteiger partial charge on any atom is -0.369 e. The van der Waals surface area contributed by atoms with Crippen molar-refractivity contribution in [2.45, 2.75) is 6.10 Å². The molecule has 0 amide bonds. The van der Waals surface area contributed by atoms with E-state index in [1.807, 2.05) is 24.4 Å². The van der Waals surface area contributed by atoms with Crippen LogP contribution in [0.4, 0.5) is 0 Å². The zero-order chi connectivity index (χ0) is 9.10. The summed E-state index contributed by atoms with van der Waals surface area (Å²) in [5, 5.41) is 0. The summed E-state index contributed by atoms with van der Waals surface area (Å²) < 4.78 is 5.63. The zero-order valence-electron chi connectivity index (χ0n) is 7.81. The molecule has 13 heavy (non-hydrogen) atoms. The highest BCUT2D eigenvalue weighted by molar-refractivity contribution is 5.07. The van der Waals surface area contributed by atoms with Crippen molar-refractivity contribution < 1.29 is 4.74 Å². The molecule has 1 unspecified atom stereocenters. The van der Waals surface area contributed by atoms with E-state index in [-0.39, 0.29) is 6.10 Å². The van der Waals surface area contributed by atoms with E-state index in [0.717, 1.165) is 25.4 Å². The predicted molar refractivity (Wildman–Crippen MR) is 50.4 cm³/mol. The lowest BCUT2D eigenvalue weighted by Gasteiger charge is -2.29. The Morgan fingerprint density at radius 2 is 2.46 bits per heavy atom. The maximum atomic E-state index is 5.63. The first-order valence-corrected chi connectivity index (χ1v) is 4.57. The van der Waals surface area contributed by atoms with Crippen LogP contribution in [-0.2, 0) is 4.74 Å². The Morgan fingerprint density at radius 1 is 1.54 bits per heavy atom. The highest BCUT2D eigenvalue weighted by Crippen LogP contribution is 2.18. The molecule has 0 N–H and O–H groups in total. The fourth-order valence-corrected chi connectivity index (χ4v) is 1.52. The average molecular weight is 178 g/mol. The molecule has 70 valence electrons. The molecule has 1 aliphatic heterocycles. The van der Waals surface area contributed by atoms with Gasteiger partial charge in [-0.05, 0) is 19.2 Å². The van der Waals surface area contributed by atoms with Crippen LogP contribution in [0.2, 0.25) is 0 Å². The van der Waals surface area contributed by atoms with Gasteiger partial charge in [0, 0.05) is 19.3 Å². The van der Waals surface area contributed by atoms with Gasteiger partial charge in [-0.2, -0.15) is 0 Å². The topological polar surface area (TPSA) is 25.4 Å². The number of hydrogen-bond acceptors (Lipinski definition) is 3. The third-order valence-electron chi connectivity index (χ3n) is 2.29. The Bertz CT molecular complexity index is 263. The normalized spacial score (nSPS) is 24.5. The number of morpholine rings is 1. The lowest BCUT2D eigenvalue weighted by Crippen LogP contribution is -2.35. The zero-order valence-corrected chi connectivity index (χ0v) is 7.81. The van der Waals surface area contributed by atoms with Crippen molar-refractivity contribution in [2.24, 2.45) is 0 Å². The number of rotatable bonds is 1. The van der Waals surface area contributed by atoms with Gasteiger partial charge < -0.3 is 9.64 Å². The van der Waals surface area contributed by atoms with Gasteiger partial charge in [0.1, 0.15) is 6.10 Å². The van der Waals surface area contributed by atoms with Crippen molar-refractivity contribution in [3.05, 3.63) is 30.1 Å². The number of hydrogen-bond donors (Lipinski definition) is 0. The molecule has 0 aromatic carbocycles. The highest BCUT2D eigenvalue weighted by Gasteiger charge is 2.19. The molecular formula is C10H14N2O. The van der Waals surface area contributed by atoms with E-state index in [9.17, 15) is 0 Å². The van der Waals surface area contributed by atoms with Crippen LogP contribution in [0, 0.1) is 0 Å². The number of pyridine rings is 1. The van der Waals surface area contributed by atoms with Gasteiger partial charge in [-0.3, -0.25) is 4.98 Å². The lowest BCUT2D eigenvalue weighted by molar-refractivity contribution is -0.0230. The summed E-state index contributed by atoms with van der Waals surface area (Å²) >= 11 is 0. The molecule has 3 nitrogen and oxygen atoms in total. The third kappa shape index (κ3) is 2.05. The van der Waals surface area contributed by atoms with Gasteiger partial charge in [0.25, 0.3) is 0 Å². The minimum atomic E-state index is 0.153. The van der Waals surface area contributed by atoms with Crippen LogP contribution >= 0.6 is 0 Å². The molecule has 0 bridgehead atoms. The van der Waals surface area contributed by atoms with Gasteiger partial charge in [-0.15, -0.1) is 0 Å². The van der Waals surface area contributed by atoms with Crippen LogP contribution in [0.5, 0.6) is 0 Å². The van der Waals surface area contributed by atoms with E-state index >= 15 is 0 Å². The molecule has 1 saturated heterocycles. The second kappa shape index (κ2) is 3.85. The van der Waals surface area contributed by atoms with Crippen LogP contribution < -0.4 is 0 Å². The van der Waals surface area contributed by atoms with Gasteiger partial charge in [0.2, 0.25) is 0 Å². The van der Waals surface area contributed by atoms with Crippen molar-refractivity contribution in [2.75, 3.05) is 26.7 Å². The maximum Gasteiger partial charge on any atom is 0.112 e. The van der Waals surface area contributed by atoms with Crippen LogP contribution in [0.25, 0.3) is 0 Å². The summed E-state index contributed by atoms with van der Waals surface area (Å²) in [6.07, 6.45) is 1.97. The molecule has 3 heteroatoms. The molecule has 1 aliphatic rings. The molecule has 2 rings (SSSR count). The summed E-state index contributed by atoms with van der Waals surface area (Å²) in [5.74, 6) is 0. The Morgan fingerprint density at radius 3 is 3.15 bits per heavy atom. The van der Waals surface area contributed by atoms with Gasteiger partial charge >= 0.3 is 0 Å². The first kappa shape index (κ1) is 8.66. The predicted octanol–water partition coefficient (Wildman–Crippen LogP) is 1.08. The van der Waals surface area contributed by atoms with Gasteiger partial charge in [-0.25, -0.2) is 0 Å². The molecule has 0 saturated carbocycles. The second-order valence-corrected chi connectivity index (χ2v) is 3.38. The summed E-state index contributed by atoms with van der Waals surface area (Å²) in [6.45, 7) is 2.76. The SMILES string of the molecule is CN1CCOC(c2ccccn2)C1. The quantitative estimate of drug-likeness (QED) is 0.643. The van der Waals surface area contributed by atoms with E-state index in [2.05, 4.69) is 16.9 Å². The maximum absolute atomic E-state index is 5.63. The number of aromatic nitrogens is 1. The van der Waals surface area contributed by atoms with E-state index in [0.29, 0.717) is 0 Å².